The van der Waals surface area contributed by atoms with Gasteiger partial charge in [-0.1, -0.05) is 11.6 Å². The molecule has 0 fully saturated rings. The van der Waals surface area contributed by atoms with E-state index in [0.717, 1.165) is 30.1 Å². The molecule has 0 amide bonds. The molecule has 0 aliphatic heterocycles. The van der Waals surface area contributed by atoms with Gasteiger partial charge in [0.15, 0.2) is 0 Å². The number of pyridine rings is 2. The minimum absolute atomic E-state index is 0.730. The second-order valence-corrected chi connectivity index (χ2v) is 4.72. The zero-order valence-electron chi connectivity index (χ0n) is 10.4. The van der Waals surface area contributed by atoms with Crippen LogP contribution in [0.15, 0.2) is 43.0 Å². The minimum atomic E-state index is 0.730. The third-order valence-electron chi connectivity index (χ3n) is 2.83. The fourth-order valence-corrected chi connectivity index (χ4v) is 1.95. The van der Waals surface area contributed by atoms with Crippen molar-refractivity contribution in [3.05, 3.63) is 59.1 Å². The van der Waals surface area contributed by atoms with Crippen LogP contribution in [0.1, 0.15) is 11.1 Å². The predicted octanol–water partition coefficient (Wildman–Crippen LogP) is 2.80. The maximum absolute atomic E-state index is 6.09. The summed E-state index contributed by atoms with van der Waals surface area (Å²) in [6, 6.07) is 6.06. The Labute approximate surface area is 112 Å². The van der Waals surface area contributed by atoms with Crippen molar-refractivity contribution >= 4 is 11.6 Å². The van der Waals surface area contributed by atoms with E-state index in [1.165, 1.54) is 5.56 Å². The molecule has 18 heavy (non-hydrogen) atoms. The summed E-state index contributed by atoms with van der Waals surface area (Å²) in [5.74, 6) is 0. The van der Waals surface area contributed by atoms with Crippen molar-refractivity contribution in [2.24, 2.45) is 0 Å². The SMILES string of the molecule is CN(CCc1ccncc1)Cc1ccncc1Cl. The summed E-state index contributed by atoms with van der Waals surface area (Å²) in [6.45, 7) is 1.83. The lowest BCUT2D eigenvalue weighted by Crippen LogP contribution is -2.20. The smallest absolute Gasteiger partial charge is 0.0634 e. The van der Waals surface area contributed by atoms with Gasteiger partial charge in [-0.15, -0.1) is 0 Å². The van der Waals surface area contributed by atoms with E-state index in [9.17, 15) is 0 Å². The van der Waals surface area contributed by atoms with Crippen molar-refractivity contribution in [2.75, 3.05) is 13.6 Å². The molecule has 3 nitrogen and oxygen atoms in total. The van der Waals surface area contributed by atoms with Gasteiger partial charge in [-0.2, -0.15) is 0 Å². The number of likely N-dealkylation sites (N-methyl/N-ethyl adjacent to an activating group) is 1. The largest absolute Gasteiger partial charge is 0.302 e. The summed E-state index contributed by atoms with van der Waals surface area (Å²) in [7, 11) is 2.10. The van der Waals surface area contributed by atoms with Gasteiger partial charge in [-0.3, -0.25) is 9.97 Å². The molecule has 0 unspecified atom stereocenters. The van der Waals surface area contributed by atoms with Crippen LogP contribution in [0, 0.1) is 0 Å². The summed E-state index contributed by atoms with van der Waals surface area (Å²) >= 11 is 6.09. The first-order valence-electron chi connectivity index (χ1n) is 5.91. The fraction of sp³-hybridized carbons (Fsp3) is 0.286. The first-order chi connectivity index (χ1) is 8.75. The first-order valence-corrected chi connectivity index (χ1v) is 6.29. The molecule has 0 spiro atoms. The van der Waals surface area contributed by atoms with E-state index >= 15 is 0 Å². The third kappa shape index (κ3) is 3.79. The van der Waals surface area contributed by atoms with Gasteiger partial charge in [-0.25, -0.2) is 0 Å². The average Bonchev–Trinajstić information content (AvgIpc) is 2.40. The Balaban J connectivity index is 1.86. The van der Waals surface area contributed by atoms with Gasteiger partial charge in [0.25, 0.3) is 0 Å². The van der Waals surface area contributed by atoms with Gasteiger partial charge in [0.2, 0.25) is 0 Å². The van der Waals surface area contributed by atoms with Crippen molar-refractivity contribution in [3.8, 4) is 0 Å². The summed E-state index contributed by atoms with van der Waals surface area (Å²) in [4.78, 5) is 10.3. The van der Waals surface area contributed by atoms with E-state index in [2.05, 4.69) is 21.9 Å². The summed E-state index contributed by atoms with van der Waals surface area (Å²) < 4.78 is 0. The van der Waals surface area contributed by atoms with Crippen LogP contribution >= 0.6 is 11.6 Å². The number of hydrogen-bond donors (Lipinski definition) is 0. The standard InChI is InChI=1S/C14H16ClN3/c1-18(9-5-12-2-6-16-7-3-12)11-13-4-8-17-10-14(13)15/h2-4,6-8,10H,5,9,11H2,1H3. The van der Waals surface area contributed by atoms with Gasteiger partial charge in [-0.05, 0) is 42.8 Å². The van der Waals surface area contributed by atoms with Crippen LogP contribution < -0.4 is 0 Å². The lowest BCUT2D eigenvalue weighted by Gasteiger charge is -2.17. The Morgan fingerprint density at radius 2 is 1.83 bits per heavy atom. The van der Waals surface area contributed by atoms with Crippen molar-refractivity contribution in [2.45, 2.75) is 13.0 Å². The van der Waals surface area contributed by atoms with Crippen molar-refractivity contribution < 1.29 is 0 Å². The molecule has 0 aliphatic carbocycles. The quantitative estimate of drug-likeness (QED) is 0.829. The molecule has 0 N–H and O–H groups in total. The van der Waals surface area contributed by atoms with Crippen LogP contribution in [-0.4, -0.2) is 28.5 Å². The summed E-state index contributed by atoms with van der Waals surface area (Å²) in [5.41, 5.74) is 2.42. The zero-order chi connectivity index (χ0) is 12.8. The topological polar surface area (TPSA) is 29.0 Å². The molecule has 2 heterocycles. The van der Waals surface area contributed by atoms with Crippen LogP contribution in [-0.2, 0) is 13.0 Å². The number of hydrogen-bond acceptors (Lipinski definition) is 3. The van der Waals surface area contributed by atoms with Gasteiger partial charge in [0.1, 0.15) is 0 Å². The van der Waals surface area contributed by atoms with Gasteiger partial charge >= 0.3 is 0 Å². The molecule has 0 radical (unpaired) electrons. The van der Waals surface area contributed by atoms with E-state index in [1.54, 1.807) is 12.4 Å². The molecule has 2 aromatic heterocycles. The van der Waals surface area contributed by atoms with E-state index in [-0.39, 0.29) is 0 Å². The Morgan fingerprint density at radius 3 is 2.56 bits per heavy atom. The van der Waals surface area contributed by atoms with Crippen molar-refractivity contribution in [3.63, 3.8) is 0 Å². The molecular formula is C14H16ClN3. The highest BCUT2D eigenvalue weighted by atomic mass is 35.5. The predicted molar refractivity (Wildman–Crippen MR) is 73.5 cm³/mol. The number of rotatable bonds is 5. The molecule has 94 valence electrons. The lowest BCUT2D eigenvalue weighted by atomic mass is 10.2. The maximum atomic E-state index is 6.09. The molecule has 2 rings (SSSR count). The summed E-state index contributed by atoms with van der Waals surface area (Å²) in [5, 5.41) is 0.730. The monoisotopic (exact) mass is 261 g/mol. The number of halogens is 1. The molecule has 0 saturated heterocycles. The third-order valence-corrected chi connectivity index (χ3v) is 3.17. The van der Waals surface area contributed by atoms with Crippen molar-refractivity contribution in [1.29, 1.82) is 0 Å². The average molecular weight is 262 g/mol. The highest BCUT2D eigenvalue weighted by Gasteiger charge is 2.04. The van der Waals surface area contributed by atoms with Crippen LogP contribution in [0.4, 0.5) is 0 Å². The molecule has 2 aromatic rings. The first kappa shape index (κ1) is 13.0. The Morgan fingerprint density at radius 1 is 1.11 bits per heavy atom. The minimum Gasteiger partial charge on any atom is -0.302 e. The molecule has 0 bridgehead atoms. The van der Waals surface area contributed by atoms with E-state index in [1.807, 2.05) is 30.6 Å². The molecule has 4 heteroatoms. The number of nitrogens with zero attached hydrogens (tertiary/aromatic N) is 3. The molecule has 0 atom stereocenters. The van der Waals surface area contributed by atoms with Crippen molar-refractivity contribution in [1.82, 2.24) is 14.9 Å². The second-order valence-electron chi connectivity index (χ2n) is 4.31. The molecule has 0 aliphatic rings. The van der Waals surface area contributed by atoms with Gasteiger partial charge in [0.05, 0.1) is 5.02 Å². The Kier molecular flexibility index (Phi) is 4.67. The van der Waals surface area contributed by atoms with Crippen LogP contribution in [0.2, 0.25) is 5.02 Å². The van der Waals surface area contributed by atoms with Gasteiger partial charge in [0, 0.05) is 37.9 Å². The Hall–Kier alpha value is -1.45. The molecule has 0 saturated carbocycles. The number of aromatic nitrogens is 2. The van der Waals surface area contributed by atoms with Crippen LogP contribution in [0.25, 0.3) is 0 Å². The van der Waals surface area contributed by atoms with E-state index in [4.69, 9.17) is 11.6 Å². The van der Waals surface area contributed by atoms with E-state index in [0.29, 0.717) is 0 Å². The molecular weight excluding hydrogens is 246 g/mol. The van der Waals surface area contributed by atoms with Crippen LogP contribution in [0.5, 0.6) is 0 Å². The van der Waals surface area contributed by atoms with Crippen LogP contribution in [0.3, 0.4) is 0 Å². The molecule has 0 aromatic carbocycles. The highest BCUT2D eigenvalue weighted by Crippen LogP contribution is 2.15. The normalized spacial score (nSPS) is 10.8. The van der Waals surface area contributed by atoms with E-state index < -0.39 is 0 Å². The highest BCUT2D eigenvalue weighted by molar-refractivity contribution is 6.31. The summed E-state index contributed by atoms with van der Waals surface area (Å²) in [6.07, 6.45) is 8.14. The van der Waals surface area contributed by atoms with Gasteiger partial charge < -0.3 is 4.90 Å². The second kappa shape index (κ2) is 6.47. The lowest BCUT2D eigenvalue weighted by molar-refractivity contribution is 0.331. The zero-order valence-corrected chi connectivity index (χ0v) is 11.1. The fourth-order valence-electron chi connectivity index (χ4n) is 1.77. The maximum Gasteiger partial charge on any atom is 0.0634 e. The Bertz CT molecular complexity index is 487.